The minimum Gasteiger partial charge on any atom is -0.462 e. The molecule has 9 nitrogen and oxygen atoms in total. The van der Waals surface area contributed by atoms with Crippen molar-refractivity contribution in [3.8, 4) is 0 Å². The van der Waals surface area contributed by atoms with Gasteiger partial charge in [-0.05, 0) is 141 Å². The summed E-state index contributed by atoms with van der Waals surface area (Å²) in [6.45, 7) is 3.50. The molecule has 0 amide bonds. The van der Waals surface area contributed by atoms with Crippen LogP contribution >= 0.6 is 7.82 Å². The van der Waals surface area contributed by atoms with Gasteiger partial charge in [0, 0.05) is 19.4 Å². The van der Waals surface area contributed by atoms with Crippen LogP contribution in [0.5, 0.6) is 0 Å². The van der Waals surface area contributed by atoms with Gasteiger partial charge >= 0.3 is 19.8 Å². The van der Waals surface area contributed by atoms with E-state index in [1.807, 2.05) is 0 Å². The fourth-order valence-corrected chi connectivity index (χ4v) is 11.4. The van der Waals surface area contributed by atoms with Crippen molar-refractivity contribution in [3.05, 3.63) is 194 Å². The Balaban J connectivity index is 3.91. The second-order valence-corrected chi connectivity index (χ2v) is 27.3. The molecule has 0 heterocycles. The molecule has 0 rings (SSSR count). The zero-order valence-corrected chi connectivity index (χ0v) is 64.0. The Kier molecular flexibility index (Phi) is 77.6. The van der Waals surface area contributed by atoms with Crippen molar-refractivity contribution in [2.75, 3.05) is 26.4 Å². The highest BCUT2D eigenvalue weighted by Crippen LogP contribution is 2.43. The van der Waals surface area contributed by atoms with Crippen molar-refractivity contribution in [1.82, 2.24) is 0 Å². The van der Waals surface area contributed by atoms with E-state index in [4.69, 9.17) is 24.3 Å². The normalized spacial score (nSPS) is 13.9. The maximum absolute atomic E-state index is 12.8. The molecule has 0 aromatic heterocycles. The lowest BCUT2D eigenvalue weighted by Crippen LogP contribution is -2.29. The molecule has 0 spiro atoms. The number of carbonyl (C=O) groups excluding carboxylic acids is 2. The van der Waals surface area contributed by atoms with Gasteiger partial charge in [0.2, 0.25) is 0 Å². The fraction of sp³-hybridized carbons (Fsp3) is 0.618. The lowest BCUT2D eigenvalue weighted by molar-refractivity contribution is -0.161. The van der Waals surface area contributed by atoms with Crippen molar-refractivity contribution in [2.24, 2.45) is 5.73 Å². The molecule has 0 aromatic carbocycles. The molecule has 0 aliphatic heterocycles. The number of esters is 2. The van der Waals surface area contributed by atoms with Crippen LogP contribution in [0.4, 0.5) is 0 Å². The van der Waals surface area contributed by atoms with Gasteiger partial charge in [-0.3, -0.25) is 18.6 Å². The minimum absolute atomic E-state index is 0.0422. The Labute approximate surface area is 608 Å². The molecule has 0 radical (unpaired) electrons. The second-order valence-electron chi connectivity index (χ2n) is 25.8. The van der Waals surface area contributed by atoms with Crippen molar-refractivity contribution >= 4 is 19.8 Å². The molecule has 0 bridgehead atoms. The molecule has 560 valence electrons. The predicted octanol–water partition coefficient (Wildman–Crippen LogP) is 27.2. The van der Waals surface area contributed by atoms with Crippen LogP contribution in [0.1, 0.15) is 322 Å². The van der Waals surface area contributed by atoms with Gasteiger partial charge in [-0.25, -0.2) is 4.57 Å². The van der Waals surface area contributed by atoms with Gasteiger partial charge in [0.1, 0.15) is 6.61 Å². The number of carbonyl (C=O) groups is 2. The van der Waals surface area contributed by atoms with Crippen LogP contribution < -0.4 is 5.73 Å². The third kappa shape index (κ3) is 81.7. The van der Waals surface area contributed by atoms with Crippen LogP contribution in [0.15, 0.2) is 194 Å². The molecule has 2 atom stereocenters. The number of rotatable bonds is 73. The molecule has 3 N–H and O–H groups in total. The smallest absolute Gasteiger partial charge is 0.462 e. The summed E-state index contributed by atoms with van der Waals surface area (Å²) in [6.07, 6.45) is 124. The van der Waals surface area contributed by atoms with E-state index in [-0.39, 0.29) is 38.6 Å². The largest absolute Gasteiger partial charge is 0.472 e. The van der Waals surface area contributed by atoms with Crippen molar-refractivity contribution in [3.63, 3.8) is 0 Å². The Morgan fingerprint density at radius 1 is 0.303 bits per heavy atom. The van der Waals surface area contributed by atoms with E-state index < -0.39 is 26.5 Å². The number of hydrogen-bond donors (Lipinski definition) is 2. The zero-order valence-electron chi connectivity index (χ0n) is 63.2. The first-order chi connectivity index (χ1) is 48.8. The average molecular weight is 1390 g/mol. The first-order valence-electron chi connectivity index (χ1n) is 39.9. The van der Waals surface area contributed by atoms with E-state index >= 15 is 0 Å². The second kappa shape index (κ2) is 81.8. The van der Waals surface area contributed by atoms with Gasteiger partial charge in [-0.1, -0.05) is 362 Å². The lowest BCUT2D eigenvalue weighted by Gasteiger charge is -2.19. The van der Waals surface area contributed by atoms with Gasteiger partial charge in [-0.15, -0.1) is 0 Å². The van der Waals surface area contributed by atoms with Crippen LogP contribution in [0, 0.1) is 0 Å². The number of hydrogen-bond acceptors (Lipinski definition) is 8. The van der Waals surface area contributed by atoms with E-state index in [9.17, 15) is 19.0 Å². The molecule has 2 unspecified atom stereocenters. The maximum atomic E-state index is 12.8. The third-order valence-electron chi connectivity index (χ3n) is 16.5. The summed E-state index contributed by atoms with van der Waals surface area (Å²) in [5.74, 6) is -0.851. The summed E-state index contributed by atoms with van der Waals surface area (Å²) < 4.78 is 33.2. The van der Waals surface area contributed by atoms with Gasteiger partial charge in [0.15, 0.2) is 6.10 Å². The number of phosphoric ester groups is 1. The average Bonchev–Trinajstić information content (AvgIpc) is 1.35. The maximum Gasteiger partial charge on any atom is 0.472 e. The summed E-state index contributed by atoms with van der Waals surface area (Å²) in [6, 6.07) is 0. The van der Waals surface area contributed by atoms with E-state index in [1.54, 1.807) is 0 Å². The van der Waals surface area contributed by atoms with E-state index in [0.29, 0.717) is 6.42 Å². The lowest BCUT2D eigenvalue weighted by atomic mass is 10.0. The van der Waals surface area contributed by atoms with Crippen LogP contribution in [-0.2, 0) is 32.7 Å². The van der Waals surface area contributed by atoms with Crippen LogP contribution in [0.25, 0.3) is 0 Å². The molecule has 0 saturated heterocycles. The summed E-state index contributed by atoms with van der Waals surface area (Å²) in [4.78, 5) is 35.5. The molecule has 0 fully saturated rings. The fourth-order valence-electron chi connectivity index (χ4n) is 10.7. The van der Waals surface area contributed by atoms with E-state index in [1.165, 1.54) is 135 Å². The monoisotopic (exact) mass is 1390 g/mol. The highest BCUT2D eigenvalue weighted by Gasteiger charge is 2.26. The highest BCUT2D eigenvalue weighted by molar-refractivity contribution is 7.47. The quantitative estimate of drug-likeness (QED) is 0.0264. The Morgan fingerprint density at radius 3 is 0.778 bits per heavy atom. The van der Waals surface area contributed by atoms with E-state index in [0.717, 1.165) is 154 Å². The Morgan fingerprint density at radius 2 is 0.525 bits per heavy atom. The van der Waals surface area contributed by atoms with Gasteiger partial charge in [-0.2, -0.15) is 0 Å². The minimum atomic E-state index is -4.41. The molecule has 0 aliphatic carbocycles. The molecule has 99 heavy (non-hydrogen) atoms. The van der Waals surface area contributed by atoms with Crippen LogP contribution in [0.2, 0.25) is 0 Å². The number of phosphoric acid groups is 1. The molecular formula is C89H146NO8P. The zero-order chi connectivity index (χ0) is 71.5. The van der Waals surface area contributed by atoms with Crippen LogP contribution in [-0.4, -0.2) is 49.3 Å². The Hall–Kier alpha value is -5.15. The van der Waals surface area contributed by atoms with Gasteiger partial charge < -0.3 is 20.1 Å². The molecule has 0 aromatic rings. The highest BCUT2D eigenvalue weighted by atomic mass is 31.2. The first-order valence-corrected chi connectivity index (χ1v) is 41.4. The Bertz CT molecular complexity index is 2340. The van der Waals surface area contributed by atoms with Crippen molar-refractivity contribution in [1.29, 1.82) is 0 Å². The van der Waals surface area contributed by atoms with Crippen LogP contribution in [0.3, 0.4) is 0 Å². The summed E-state index contributed by atoms with van der Waals surface area (Å²) in [5, 5.41) is 0. The van der Waals surface area contributed by atoms with Gasteiger partial charge in [0.05, 0.1) is 13.2 Å². The number of allylic oxidation sites excluding steroid dienone is 32. The predicted molar refractivity (Wildman–Crippen MR) is 431 cm³/mol. The third-order valence-corrected chi connectivity index (χ3v) is 17.5. The SMILES string of the molecule is CC/C=C\C/C=C\C/C=C\C/C=C\C/C=C\C/C=C\C/C=C\C/C=C\C/C=C\C/C=C\C/C=C\CCCCCCCC(=O)OC(COC(=O)CCCCCCCCCCCCCCCCCCCCCCCCC/C=C\C/C=C\C/C=C\C/C=C\C/C=C\CC)COP(=O)(O)OCCN. The first kappa shape index (κ1) is 93.8. The summed E-state index contributed by atoms with van der Waals surface area (Å²) >= 11 is 0. The number of nitrogens with two attached hydrogens (primary N) is 1. The molecule has 10 heteroatoms. The summed E-state index contributed by atoms with van der Waals surface area (Å²) in [5.41, 5.74) is 5.41. The van der Waals surface area contributed by atoms with Crippen molar-refractivity contribution < 1.29 is 37.6 Å². The molecular weight excluding hydrogens is 1240 g/mol. The topological polar surface area (TPSA) is 134 Å². The molecule has 0 saturated carbocycles. The van der Waals surface area contributed by atoms with Crippen molar-refractivity contribution in [2.45, 2.75) is 328 Å². The van der Waals surface area contributed by atoms with E-state index in [2.05, 4.69) is 208 Å². The number of unbranched alkanes of at least 4 members (excludes halogenated alkanes) is 28. The molecule has 0 aliphatic rings. The standard InChI is InChI=1S/C89H146NO8P/c1-3-5-7-9-11-13-15-17-19-21-23-25-27-29-31-33-35-37-39-41-43-45-47-49-51-53-55-57-59-61-63-65-67-69-71-73-75-77-79-81-88(91)95-85-87(86-97-99(93,94)96-84-83-90)98-89(92)82-80-78-76-74-72-70-68-66-64-62-60-58-56-54-52-50-48-46-44-42-40-38-36-34-32-30-28-26-24-22-20-18-16-14-12-10-8-6-4-2/h5-8,11-14,17-20,23-26,29-32,36,38,42,44,48,50,54,56,60,62,66,68,87H,3-4,9-10,15-16,21-22,27-28,33-35,37,39-41,43,45-47,49,51-53,55,57-59,61,63-65,67,69-86,90H2,1-2H3,(H,93,94)/b7-5-,8-6-,13-11-,14-12-,19-17-,20-18-,25-23-,26-24-,31-29-,32-30-,38-36-,44-42-,50-48-,56-54-,62-60-,68-66-. The number of ether oxygens (including phenoxy) is 2. The summed E-state index contributed by atoms with van der Waals surface area (Å²) in [7, 11) is -4.41. The van der Waals surface area contributed by atoms with Gasteiger partial charge in [0.25, 0.3) is 0 Å².